The lowest BCUT2D eigenvalue weighted by Crippen LogP contribution is -2.35. The van der Waals surface area contributed by atoms with Gasteiger partial charge in [-0.2, -0.15) is 25.3 Å². The Morgan fingerprint density at radius 3 is 0.947 bits per heavy atom. The van der Waals surface area contributed by atoms with Crippen LogP contribution in [-0.2, 0) is 53.5 Å². The number of rotatable bonds is 9. The predicted molar refractivity (Wildman–Crippen MR) is 56.8 cm³/mol. The van der Waals surface area contributed by atoms with E-state index in [0.29, 0.717) is 21.3 Å². The third-order valence-corrected chi connectivity index (χ3v) is 7.14. The van der Waals surface area contributed by atoms with Crippen molar-refractivity contribution in [2.45, 2.75) is 0 Å². The summed E-state index contributed by atoms with van der Waals surface area (Å²) in [5.74, 6) is 0. The van der Waals surface area contributed by atoms with Crippen LogP contribution in [0.2, 0.25) is 0 Å². The highest BCUT2D eigenvalue weighted by molar-refractivity contribution is 7.85. The Morgan fingerprint density at radius 2 is 0.789 bits per heavy atom. The number of hydrogen-bond acceptors (Lipinski definition) is 12. The molecule has 0 aliphatic rings. The van der Waals surface area contributed by atoms with Gasteiger partial charge in [0.1, 0.15) is 0 Å². The van der Waals surface area contributed by atoms with Crippen LogP contribution in [0.1, 0.15) is 0 Å². The summed E-state index contributed by atoms with van der Waals surface area (Å²) in [5, 5.41) is 0. The van der Waals surface area contributed by atoms with Gasteiger partial charge < -0.3 is 9.70 Å². The largest absolute Gasteiger partial charge is 0.956 e. The van der Waals surface area contributed by atoms with Crippen molar-refractivity contribution in [1.82, 2.24) is 0 Å². The quantitative estimate of drug-likeness (QED) is 0.405. The Balaban J connectivity index is 5.17. The molecule has 16 heteroatoms. The van der Waals surface area contributed by atoms with Crippen molar-refractivity contribution in [1.29, 1.82) is 0 Å². The van der Waals surface area contributed by atoms with Gasteiger partial charge in [0.2, 0.25) is 0 Å². The third-order valence-electron chi connectivity index (χ3n) is 1.20. The topological polar surface area (TPSA) is 158 Å². The molecule has 19 heavy (non-hydrogen) atoms. The first-order valence-electron chi connectivity index (χ1n) is 3.93. The van der Waals surface area contributed by atoms with Gasteiger partial charge in [-0.05, 0) is 0 Å². The van der Waals surface area contributed by atoms with Gasteiger partial charge in [0.25, 0.3) is 0 Å². The highest BCUT2D eigenvalue weighted by Crippen LogP contribution is 2.09. The molecule has 0 atom stereocenters. The summed E-state index contributed by atoms with van der Waals surface area (Å²) < 4.78 is 88.9. The van der Waals surface area contributed by atoms with E-state index in [-0.39, 0.29) is 0 Å². The molecule has 0 aliphatic heterocycles. The van der Waals surface area contributed by atoms with E-state index < -0.39 is 46.3 Å². The molecule has 0 aliphatic carbocycles. The average molecular weight is 360 g/mol. The van der Waals surface area contributed by atoms with Crippen LogP contribution in [0.5, 0.6) is 0 Å². The molecule has 0 aromatic heterocycles. The summed E-state index contributed by atoms with van der Waals surface area (Å²) in [6, 6.07) is 0. The van der Waals surface area contributed by atoms with Crippen molar-refractivity contribution in [2.75, 3.05) is 21.3 Å². The summed E-state index contributed by atoms with van der Waals surface area (Å²) in [7, 11) is -12.1. The van der Waals surface area contributed by atoms with E-state index in [1.807, 2.05) is 0 Å². The van der Waals surface area contributed by atoms with E-state index in [1.165, 1.54) is 0 Å². The minimum atomic E-state index is -4.71. The molecule has 114 valence electrons. The number of hydrogen-bond donors (Lipinski definition) is 0. The van der Waals surface area contributed by atoms with Gasteiger partial charge in [-0.25, -0.2) is 0 Å². The second-order valence-electron chi connectivity index (χ2n) is 2.30. The SMILES string of the molecule is COS(=O)(=O)[O][Al]([O]S(=O)(=O)OC)[O]S(=O)(=O)OC. The second-order valence-corrected chi connectivity index (χ2v) is 8.64. The first-order chi connectivity index (χ1) is 8.47. The van der Waals surface area contributed by atoms with E-state index >= 15 is 0 Å². The molecule has 0 rings (SSSR count). The van der Waals surface area contributed by atoms with Gasteiger partial charge >= 0.3 is 46.3 Å². The molecule has 0 bridgehead atoms. The molecule has 0 amide bonds. The fraction of sp³-hybridized carbons (Fsp3) is 1.00. The lowest BCUT2D eigenvalue weighted by molar-refractivity contribution is 0.231. The highest BCUT2D eigenvalue weighted by atomic mass is 32.3. The van der Waals surface area contributed by atoms with Crippen molar-refractivity contribution in [2.24, 2.45) is 0 Å². The van der Waals surface area contributed by atoms with Crippen LogP contribution in [0.4, 0.5) is 0 Å². The molecule has 0 N–H and O–H groups in total. The maximum atomic E-state index is 10.9. The predicted octanol–water partition coefficient (Wildman–Crippen LogP) is -2.31. The van der Waals surface area contributed by atoms with Crippen molar-refractivity contribution < 1.29 is 47.5 Å². The van der Waals surface area contributed by atoms with Crippen LogP contribution in [-0.4, -0.2) is 61.7 Å². The third kappa shape index (κ3) is 8.11. The minimum Gasteiger partial charge on any atom is -0.319 e. The van der Waals surface area contributed by atoms with Crippen LogP contribution >= 0.6 is 0 Å². The van der Waals surface area contributed by atoms with Crippen molar-refractivity contribution in [3.05, 3.63) is 0 Å². The van der Waals surface area contributed by atoms with Crippen LogP contribution in [0.25, 0.3) is 0 Å². The Labute approximate surface area is 115 Å². The van der Waals surface area contributed by atoms with Crippen LogP contribution < -0.4 is 0 Å². The van der Waals surface area contributed by atoms with E-state index in [9.17, 15) is 25.3 Å². The molecule has 0 spiro atoms. The molecule has 0 radical (unpaired) electrons. The lowest BCUT2D eigenvalue weighted by atomic mass is 11.8. The molecular formula is C3H9AlO12S3. The Hall–Kier alpha value is 0.142. The van der Waals surface area contributed by atoms with E-state index in [2.05, 4.69) is 22.3 Å². The van der Waals surface area contributed by atoms with Gasteiger partial charge in [-0.3, -0.25) is 12.5 Å². The molecule has 12 nitrogen and oxygen atoms in total. The fourth-order valence-corrected chi connectivity index (χ4v) is 4.96. The average Bonchev–Trinajstić information content (AvgIpc) is 2.27. The molecule has 0 heterocycles. The Bertz CT molecular complexity index is 486. The smallest absolute Gasteiger partial charge is 0.319 e. The lowest BCUT2D eigenvalue weighted by Gasteiger charge is -2.10. The molecule has 0 saturated carbocycles. The standard InChI is InChI=1S/3CH4O4S.Al/c3*1-5-6(2,3)4;/h3*1H3,(H,2,3,4);/q;;;+3/p-3. The highest BCUT2D eigenvalue weighted by Gasteiger charge is 2.47. The molecular weight excluding hydrogens is 351 g/mol. The zero-order valence-electron chi connectivity index (χ0n) is 9.70. The Kier molecular flexibility index (Phi) is 7.29. The summed E-state index contributed by atoms with van der Waals surface area (Å²) in [5.41, 5.74) is 0. The van der Waals surface area contributed by atoms with E-state index in [0.717, 1.165) is 0 Å². The molecule has 0 aromatic carbocycles. The maximum absolute atomic E-state index is 10.9. The summed E-state index contributed by atoms with van der Waals surface area (Å²) in [6.07, 6.45) is 0. The van der Waals surface area contributed by atoms with Gasteiger partial charge in [-0.15, -0.1) is 0 Å². The minimum absolute atomic E-state index is 0.677. The molecule has 0 saturated heterocycles. The van der Waals surface area contributed by atoms with Gasteiger partial charge in [0, 0.05) is 0 Å². The summed E-state index contributed by atoms with van der Waals surface area (Å²) in [6.45, 7) is 0. The van der Waals surface area contributed by atoms with E-state index in [4.69, 9.17) is 0 Å². The Morgan fingerprint density at radius 1 is 0.579 bits per heavy atom. The van der Waals surface area contributed by atoms with Crippen LogP contribution in [0, 0.1) is 0 Å². The summed E-state index contributed by atoms with van der Waals surface area (Å²) in [4.78, 5) is 0. The first kappa shape index (κ1) is 19.1. The van der Waals surface area contributed by atoms with Crippen LogP contribution in [0.15, 0.2) is 0 Å². The second kappa shape index (κ2) is 7.24. The summed E-state index contributed by atoms with van der Waals surface area (Å²) >= 11 is -4.30. The first-order valence-corrected chi connectivity index (χ1v) is 9.35. The maximum Gasteiger partial charge on any atom is 0.956 e. The molecule has 0 unspecified atom stereocenters. The van der Waals surface area contributed by atoms with Gasteiger partial charge in [-0.1, -0.05) is 0 Å². The van der Waals surface area contributed by atoms with Gasteiger partial charge in [0.05, 0.1) is 21.3 Å². The molecule has 0 aromatic rings. The normalized spacial score (nSPS) is 13.4. The molecule has 0 fully saturated rings. The van der Waals surface area contributed by atoms with Crippen molar-refractivity contribution in [3.63, 3.8) is 0 Å². The fourth-order valence-electron chi connectivity index (χ4n) is 0.455. The zero-order valence-corrected chi connectivity index (χ0v) is 13.3. The van der Waals surface area contributed by atoms with Gasteiger partial charge in [0.15, 0.2) is 0 Å². The van der Waals surface area contributed by atoms with Crippen molar-refractivity contribution >= 4 is 46.3 Å². The monoisotopic (exact) mass is 360 g/mol. The van der Waals surface area contributed by atoms with Crippen LogP contribution in [0.3, 0.4) is 0 Å². The van der Waals surface area contributed by atoms with E-state index in [1.54, 1.807) is 0 Å². The van der Waals surface area contributed by atoms with Crippen molar-refractivity contribution in [3.8, 4) is 0 Å². The zero-order chi connectivity index (χ0) is 15.3.